The molecule has 0 radical (unpaired) electrons. The molecule has 0 aliphatic rings. The number of esters is 2. The molecule has 0 heterocycles. The third-order valence-electron chi connectivity index (χ3n) is 12.5. The smallest absolute Gasteiger partial charge is 0.306 e. The second-order valence-electron chi connectivity index (χ2n) is 19.2. The maximum atomic E-state index is 12.9. The molecule has 0 bridgehead atoms. The molecule has 0 rings (SSSR count). The lowest BCUT2D eigenvalue weighted by molar-refractivity contribution is -0.163. The third kappa shape index (κ3) is 54.2. The van der Waals surface area contributed by atoms with Gasteiger partial charge in [0.2, 0.25) is 0 Å². The van der Waals surface area contributed by atoms with Crippen LogP contribution in [0.25, 0.3) is 0 Å². The molecule has 0 saturated carbocycles. The Bertz CT molecular complexity index is 1130. The first-order valence-electron chi connectivity index (χ1n) is 28.8. The lowest BCUT2D eigenvalue weighted by Crippen LogP contribution is -2.30. The highest BCUT2D eigenvalue weighted by Crippen LogP contribution is 2.15. The van der Waals surface area contributed by atoms with Gasteiger partial charge in [-0.05, 0) is 109 Å². The van der Waals surface area contributed by atoms with Gasteiger partial charge < -0.3 is 14.2 Å². The molecule has 0 spiro atoms. The van der Waals surface area contributed by atoms with E-state index in [0.29, 0.717) is 19.4 Å². The number of hydrogen-bond donors (Lipinski definition) is 0. The predicted octanol–water partition coefficient (Wildman–Crippen LogP) is 19.7. The molecule has 0 fully saturated rings. The molecule has 0 aromatic rings. The average Bonchev–Trinajstić information content (AvgIpc) is 3.32. The van der Waals surface area contributed by atoms with Gasteiger partial charge in [0.1, 0.15) is 6.61 Å². The van der Waals surface area contributed by atoms with E-state index in [2.05, 4.69) is 81.5 Å². The molecule has 1 atom stereocenters. The standard InChI is InChI=1S/C61H110O5/c1-4-7-10-13-16-19-22-25-28-30-31-33-34-36-39-42-45-48-51-54-60(62)65-58-59(57-64-56-53-50-47-44-41-38-27-24-21-18-15-12-9-6-3)66-61(63)55-52-49-46-43-40-37-35-32-29-26-23-20-17-14-11-8-5-2/h16,19,21,24-26,28-29,31,33,59H,4-15,17-18,20,22-23,27,30,32,34-58H2,1-3H3/b19-16-,24-21-,28-25-,29-26-,33-31-. The molecule has 384 valence electrons. The van der Waals surface area contributed by atoms with Gasteiger partial charge in [-0.1, -0.05) is 229 Å². The van der Waals surface area contributed by atoms with E-state index >= 15 is 0 Å². The van der Waals surface area contributed by atoms with E-state index in [0.717, 1.165) is 70.6 Å². The zero-order chi connectivity index (χ0) is 47.7. The minimum Gasteiger partial charge on any atom is -0.462 e. The normalized spacial score (nSPS) is 12.6. The number of carbonyl (C=O) groups is 2. The first-order valence-corrected chi connectivity index (χ1v) is 28.8. The number of hydrogen-bond acceptors (Lipinski definition) is 5. The highest BCUT2D eigenvalue weighted by Gasteiger charge is 2.17. The fourth-order valence-corrected chi connectivity index (χ4v) is 8.15. The van der Waals surface area contributed by atoms with Gasteiger partial charge in [-0.2, -0.15) is 0 Å². The van der Waals surface area contributed by atoms with Crippen molar-refractivity contribution >= 4 is 11.9 Å². The van der Waals surface area contributed by atoms with Crippen molar-refractivity contribution in [2.75, 3.05) is 19.8 Å². The topological polar surface area (TPSA) is 61.8 Å². The van der Waals surface area contributed by atoms with Gasteiger partial charge in [0.05, 0.1) is 6.61 Å². The summed E-state index contributed by atoms with van der Waals surface area (Å²) < 4.78 is 17.5. The lowest BCUT2D eigenvalue weighted by atomic mass is 10.1. The average molecular weight is 924 g/mol. The van der Waals surface area contributed by atoms with Gasteiger partial charge in [-0.3, -0.25) is 9.59 Å². The SMILES string of the molecule is CCCCC/C=C\C/C=C\C/C=C\CCCCCCCCC(=O)OCC(COCCCCCCCC/C=C\CCCCCC)OC(=O)CCCCCCCCC/C=C\CCCCCCCC. The largest absolute Gasteiger partial charge is 0.462 e. The summed E-state index contributed by atoms with van der Waals surface area (Å²) in [5.41, 5.74) is 0. The Morgan fingerprint density at radius 1 is 0.333 bits per heavy atom. The van der Waals surface area contributed by atoms with Crippen LogP contribution in [-0.4, -0.2) is 37.9 Å². The van der Waals surface area contributed by atoms with Gasteiger partial charge >= 0.3 is 11.9 Å². The van der Waals surface area contributed by atoms with Crippen LogP contribution in [0.2, 0.25) is 0 Å². The minimum absolute atomic E-state index is 0.0749. The fraction of sp³-hybridized carbons (Fsp3) is 0.803. The van der Waals surface area contributed by atoms with Crippen molar-refractivity contribution < 1.29 is 23.8 Å². The second kappa shape index (κ2) is 56.9. The Kier molecular flexibility index (Phi) is 54.9. The second-order valence-corrected chi connectivity index (χ2v) is 19.2. The zero-order valence-electron chi connectivity index (χ0n) is 44.2. The Labute approximate surface area is 411 Å². The Morgan fingerprint density at radius 3 is 1.08 bits per heavy atom. The first-order chi connectivity index (χ1) is 32.6. The van der Waals surface area contributed by atoms with Crippen LogP contribution in [0.5, 0.6) is 0 Å². The van der Waals surface area contributed by atoms with Crippen LogP contribution in [0.4, 0.5) is 0 Å². The molecular weight excluding hydrogens is 813 g/mol. The summed E-state index contributed by atoms with van der Waals surface area (Å²) >= 11 is 0. The molecule has 0 amide bonds. The lowest BCUT2D eigenvalue weighted by Gasteiger charge is -2.18. The summed E-state index contributed by atoms with van der Waals surface area (Å²) in [4.78, 5) is 25.5. The van der Waals surface area contributed by atoms with Crippen LogP contribution >= 0.6 is 0 Å². The number of unbranched alkanes of at least 4 members (excludes halogenated alkanes) is 32. The van der Waals surface area contributed by atoms with E-state index in [1.165, 1.54) is 186 Å². The summed E-state index contributed by atoms with van der Waals surface area (Å²) in [5, 5.41) is 0. The van der Waals surface area contributed by atoms with E-state index in [4.69, 9.17) is 14.2 Å². The zero-order valence-corrected chi connectivity index (χ0v) is 44.2. The number of allylic oxidation sites excluding steroid dienone is 10. The van der Waals surface area contributed by atoms with Crippen LogP contribution in [0.3, 0.4) is 0 Å². The van der Waals surface area contributed by atoms with E-state index < -0.39 is 6.10 Å². The van der Waals surface area contributed by atoms with E-state index in [9.17, 15) is 9.59 Å². The Balaban J connectivity index is 4.29. The molecule has 5 nitrogen and oxygen atoms in total. The summed E-state index contributed by atoms with van der Waals surface area (Å²) in [6.45, 7) is 7.79. The maximum absolute atomic E-state index is 12.9. The quantitative estimate of drug-likeness (QED) is 0.0346. The van der Waals surface area contributed by atoms with Gasteiger partial charge in [0.15, 0.2) is 6.10 Å². The number of ether oxygens (including phenoxy) is 3. The highest BCUT2D eigenvalue weighted by atomic mass is 16.6. The van der Waals surface area contributed by atoms with Crippen LogP contribution in [0.15, 0.2) is 60.8 Å². The number of rotatable bonds is 53. The van der Waals surface area contributed by atoms with Crippen molar-refractivity contribution in [2.45, 2.75) is 297 Å². The fourth-order valence-electron chi connectivity index (χ4n) is 8.15. The van der Waals surface area contributed by atoms with Crippen molar-refractivity contribution in [2.24, 2.45) is 0 Å². The summed E-state index contributed by atoms with van der Waals surface area (Å²) in [6, 6.07) is 0. The summed E-state index contributed by atoms with van der Waals surface area (Å²) in [6.07, 6.45) is 72.3. The first kappa shape index (κ1) is 63.6. The highest BCUT2D eigenvalue weighted by molar-refractivity contribution is 5.70. The number of carbonyl (C=O) groups excluding carboxylic acids is 2. The Morgan fingerprint density at radius 2 is 0.636 bits per heavy atom. The van der Waals surface area contributed by atoms with Crippen molar-refractivity contribution in [3.8, 4) is 0 Å². The van der Waals surface area contributed by atoms with Gasteiger partial charge in [-0.15, -0.1) is 0 Å². The third-order valence-corrected chi connectivity index (χ3v) is 12.5. The van der Waals surface area contributed by atoms with Crippen molar-refractivity contribution in [1.82, 2.24) is 0 Å². The van der Waals surface area contributed by atoms with Gasteiger partial charge in [-0.25, -0.2) is 0 Å². The van der Waals surface area contributed by atoms with Crippen molar-refractivity contribution in [3.63, 3.8) is 0 Å². The molecular formula is C61H110O5. The van der Waals surface area contributed by atoms with Gasteiger partial charge in [0, 0.05) is 19.4 Å². The minimum atomic E-state index is -0.548. The van der Waals surface area contributed by atoms with E-state index in [-0.39, 0.29) is 25.2 Å². The van der Waals surface area contributed by atoms with Gasteiger partial charge in [0.25, 0.3) is 0 Å². The van der Waals surface area contributed by atoms with E-state index in [1.807, 2.05) is 0 Å². The molecule has 0 aliphatic heterocycles. The molecule has 0 aliphatic carbocycles. The molecule has 0 N–H and O–H groups in total. The molecule has 0 saturated heterocycles. The predicted molar refractivity (Wildman–Crippen MR) is 288 cm³/mol. The van der Waals surface area contributed by atoms with Crippen LogP contribution < -0.4 is 0 Å². The van der Waals surface area contributed by atoms with Crippen molar-refractivity contribution in [3.05, 3.63) is 60.8 Å². The van der Waals surface area contributed by atoms with Crippen LogP contribution in [0, 0.1) is 0 Å². The maximum Gasteiger partial charge on any atom is 0.306 e. The van der Waals surface area contributed by atoms with Crippen LogP contribution in [0.1, 0.15) is 290 Å². The molecule has 1 unspecified atom stereocenters. The molecule has 0 aromatic carbocycles. The van der Waals surface area contributed by atoms with E-state index in [1.54, 1.807) is 0 Å². The van der Waals surface area contributed by atoms with Crippen molar-refractivity contribution in [1.29, 1.82) is 0 Å². The summed E-state index contributed by atoms with van der Waals surface area (Å²) in [5.74, 6) is -0.410. The molecule has 66 heavy (non-hydrogen) atoms. The summed E-state index contributed by atoms with van der Waals surface area (Å²) in [7, 11) is 0. The van der Waals surface area contributed by atoms with Crippen LogP contribution in [-0.2, 0) is 23.8 Å². The molecule has 0 aromatic heterocycles. The monoisotopic (exact) mass is 923 g/mol. The molecule has 5 heteroatoms. The Hall–Kier alpha value is -2.40.